The number of methoxy groups -OCH3 is 2. The van der Waals surface area contributed by atoms with Crippen LogP contribution in [-0.4, -0.2) is 313 Å². The number of ether oxygens (including phenoxy) is 13. The number of carbonyl (C=O) groups excluding carboxylic acids is 1. The molecule has 5 heterocycles. The Labute approximate surface area is 633 Å². The summed E-state index contributed by atoms with van der Waals surface area (Å²) in [5.41, 5.74) is -2.32. The third-order valence-electron chi connectivity index (χ3n) is 28.4. The monoisotopic (exact) mass is 1540 g/mol. The zero-order chi connectivity index (χ0) is 79.0. The average Bonchev–Trinajstić information content (AvgIpc) is 0.670. The Balaban J connectivity index is 0.870. The van der Waals surface area contributed by atoms with Crippen molar-refractivity contribution >= 4 is 11.8 Å². The second kappa shape index (κ2) is 34.0. The topological polar surface area (TPSA) is 458 Å². The van der Waals surface area contributed by atoms with E-state index in [2.05, 4.69) is 54.5 Å². The highest BCUT2D eigenvalue weighted by molar-refractivity contribution is 5.87. The summed E-state index contributed by atoms with van der Waals surface area (Å²) in [5.74, 6) is -3.25. The first kappa shape index (κ1) is 86.4. The largest absolute Gasteiger partial charge is 0.479 e. The molecule has 15 N–H and O–H groups in total. The Hall–Kier alpha value is -2.46. The fraction of sp³-hybridized carbons (Fsp3) is 0.923. The van der Waals surface area contributed by atoms with E-state index in [1.807, 2.05) is 19.9 Å². The normalized spacial score (nSPS) is 50.6. The van der Waals surface area contributed by atoms with Crippen molar-refractivity contribution in [2.24, 2.45) is 62.1 Å². The highest BCUT2D eigenvalue weighted by Crippen LogP contribution is 2.76. The first-order valence-electron chi connectivity index (χ1n) is 39.5. The molecular formula is C78H128O30. The van der Waals surface area contributed by atoms with Crippen LogP contribution in [0.1, 0.15) is 166 Å². The van der Waals surface area contributed by atoms with E-state index in [0.717, 1.165) is 30.4 Å². The molecule has 38 atom stereocenters. The molecule has 5 aliphatic heterocycles. The Morgan fingerprint density at radius 3 is 1.93 bits per heavy atom. The number of allylic oxidation sites excluding steroid dienone is 3. The van der Waals surface area contributed by atoms with Crippen LogP contribution in [0.15, 0.2) is 23.3 Å². The van der Waals surface area contributed by atoms with Crippen molar-refractivity contribution in [3.8, 4) is 0 Å². The van der Waals surface area contributed by atoms with Crippen LogP contribution >= 0.6 is 0 Å². The molecular weight excluding hydrogens is 1420 g/mol. The summed E-state index contributed by atoms with van der Waals surface area (Å²) < 4.78 is 81.1. The van der Waals surface area contributed by atoms with Gasteiger partial charge in [0.25, 0.3) is 0 Å². The number of ketones is 1. The Morgan fingerprint density at radius 2 is 1.27 bits per heavy atom. The molecule has 11 aliphatic rings. The molecule has 0 amide bonds. The smallest absolute Gasteiger partial charge is 0.335 e. The van der Waals surface area contributed by atoms with Gasteiger partial charge in [0.05, 0.1) is 74.6 Å². The van der Waals surface area contributed by atoms with Gasteiger partial charge < -0.3 is 138 Å². The molecule has 5 saturated heterocycles. The van der Waals surface area contributed by atoms with E-state index >= 15 is 4.79 Å². The van der Waals surface area contributed by atoms with Crippen molar-refractivity contribution in [2.45, 2.75) is 344 Å². The quantitative estimate of drug-likeness (QED) is 0.0451. The number of aliphatic hydroxyl groups excluding tert-OH is 14. The molecule has 30 heteroatoms. The SMILES string of the molecule is COC1C(O)[C@H](OC2C(O)[C@@H](OC/C=C(\C)CCCC(C)C)C(C)O[C@H]2CC(=O)[C@]23CCC(C)(C)CC2C2=CCC4[C@@]5(C)CCC(O[C@@H]6OC(C(=O)O)[C@@H](O)C(O[C@@H]7OC[C@@H](O)C(O)C7O)C6O[C@@H]6CC(CO)[C@H](O)C(O)C6O)[C@@](C)(CO)C5CC[C@@]4(C)[C@]2(C)CC3O)OC(C)[C@@H]1O[C@@H]1OC[C@@H](O)C(OC)C1O. The Bertz CT molecular complexity index is 3090. The van der Waals surface area contributed by atoms with Crippen molar-refractivity contribution in [1.82, 2.24) is 0 Å². The zero-order valence-electron chi connectivity index (χ0n) is 65.1. The summed E-state index contributed by atoms with van der Waals surface area (Å²) in [6.45, 7) is 21.2. The first-order chi connectivity index (χ1) is 50.8. The molecule has 620 valence electrons. The number of aliphatic hydroxyl groups is 14. The van der Waals surface area contributed by atoms with E-state index in [4.69, 9.17) is 61.6 Å². The number of aliphatic carboxylic acids is 1. The standard InChI is InChI=1S/C78H128O30/c1-35(2)15-14-16-36(3)21-26-98-60-37(4)101-45(63(56(60)90)106-71-59(93)64(97-13)61(38(5)102-71)105-70-58(92)62(96-12)43(82)33-100-70)28-48(83)78-25-24-73(6,7)29-41(78)40-17-18-47-74(8)22-20-50(75(9,34-80)46(74)19-23-76(47,10)77(40,11)30-49(78)84)104-72-67(103-44-27-39(31-79)51(85)54(88)53(44)87)65(57(91)66(108-72)68(94)95)107-69-55(89)52(86)42(81)32-99-69/h17,21,35,37-39,41-47,49-67,69-72,79-82,84-93H,14-16,18-20,22-34H2,1-13H3,(H,94,95)/b36-21+/t37?,38?,39?,41?,42-,43-,44-,45+,46?,47?,49?,50?,51+,52?,53?,54?,55?,56?,57+,58?,59?,60+,61+,62?,63?,64?,65?,66?,67?,69+,70+,71+,72-,74+,75+,76-,77-,78+/m1/s1. The number of carbonyl (C=O) groups is 2. The highest BCUT2D eigenvalue weighted by Gasteiger charge is 2.72. The second-order valence-corrected chi connectivity index (χ2v) is 35.9. The maximum atomic E-state index is 16.4. The summed E-state index contributed by atoms with van der Waals surface area (Å²) in [6, 6.07) is 0. The highest BCUT2D eigenvalue weighted by atomic mass is 16.8. The summed E-state index contributed by atoms with van der Waals surface area (Å²) in [6.07, 6.45) is -31.7. The first-order valence-corrected chi connectivity index (χ1v) is 39.5. The summed E-state index contributed by atoms with van der Waals surface area (Å²) in [5, 5.41) is 170. The number of Topliss-reactive ketones (excluding diaryl/α,β-unsaturated/α-hetero) is 1. The molecule has 21 unspecified atom stereocenters. The van der Waals surface area contributed by atoms with E-state index in [9.17, 15) is 81.4 Å². The van der Waals surface area contributed by atoms with Crippen molar-refractivity contribution in [3.05, 3.63) is 23.3 Å². The molecule has 11 rings (SSSR count). The fourth-order valence-electron chi connectivity index (χ4n) is 21.8. The summed E-state index contributed by atoms with van der Waals surface area (Å²) in [7, 11) is 2.71. The maximum Gasteiger partial charge on any atom is 0.335 e. The lowest BCUT2D eigenvalue weighted by atomic mass is 9.33. The molecule has 0 bridgehead atoms. The lowest BCUT2D eigenvalue weighted by Crippen LogP contribution is -2.69. The van der Waals surface area contributed by atoms with Crippen molar-refractivity contribution in [1.29, 1.82) is 0 Å². The van der Waals surface area contributed by atoms with E-state index in [-0.39, 0.29) is 61.9 Å². The van der Waals surface area contributed by atoms with Gasteiger partial charge in [0.1, 0.15) is 110 Å². The van der Waals surface area contributed by atoms with Crippen LogP contribution in [0.4, 0.5) is 0 Å². The van der Waals surface area contributed by atoms with Gasteiger partial charge in [-0.25, -0.2) is 4.79 Å². The van der Waals surface area contributed by atoms with Crippen molar-refractivity contribution in [2.75, 3.05) is 47.3 Å². The average molecular weight is 1550 g/mol. The Morgan fingerprint density at radius 1 is 0.620 bits per heavy atom. The lowest BCUT2D eigenvalue weighted by molar-refractivity contribution is -0.371. The minimum atomic E-state index is -2.12. The lowest BCUT2D eigenvalue weighted by Gasteiger charge is -2.72. The molecule has 0 aromatic carbocycles. The maximum absolute atomic E-state index is 16.4. The van der Waals surface area contributed by atoms with Crippen LogP contribution in [0.3, 0.4) is 0 Å². The zero-order valence-corrected chi connectivity index (χ0v) is 65.1. The molecule has 108 heavy (non-hydrogen) atoms. The summed E-state index contributed by atoms with van der Waals surface area (Å²) >= 11 is 0. The molecule has 10 fully saturated rings. The molecule has 0 radical (unpaired) electrons. The van der Waals surface area contributed by atoms with Gasteiger partial charge in [0.15, 0.2) is 31.3 Å². The van der Waals surface area contributed by atoms with Gasteiger partial charge in [-0.1, -0.05) is 85.1 Å². The molecule has 0 spiro atoms. The molecule has 0 aromatic rings. The molecule has 5 saturated carbocycles. The number of carboxylic acids is 1. The number of rotatable bonds is 25. The van der Waals surface area contributed by atoms with Gasteiger partial charge >= 0.3 is 5.97 Å². The van der Waals surface area contributed by atoms with E-state index in [1.165, 1.54) is 14.2 Å². The number of carboxylic acid groups (broad SMARTS) is 1. The fourth-order valence-corrected chi connectivity index (χ4v) is 21.8. The van der Waals surface area contributed by atoms with E-state index in [0.29, 0.717) is 50.9 Å². The van der Waals surface area contributed by atoms with Crippen LogP contribution in [-0.2, 0) is 71.2 Å². The van der Waals surface area contributed by atoms with Gasteiger partial charge in [0, 0.05) is 38.6 Å². The van der Waals surface area contributed by atoms with Crippen LogP contribution in [0.25, 0.3) is 0 Å². The number of fused-ring (bicyclic) bond motifs is 7. The molecule has 6 aliphatic carbocycles. The predicted octanol–water partition coefficient (Wildman–Crippen LogP) is 1.21. The van der Waals surface area contributed by atoms with Gasteiger partial charge in [0.2, 0.25) is 0 Å². The molecule has 30 nitrogen and oxygen atoms in total. The van der Waals surface area contributed by atoms with Crippen molar-refractivity contribution < 1.29 is 148 Å². The minimum Gasteiger partial charge on any atom is -0.479 e. The Kier molecular flexibility index (Phi) is 27.2. The van der Waals surface area contributed by atoms with Crippen LogP contribution in [0, 0.1) is 62.1 Å². The summed E-state index contributed by atoms with van der Waals surface area (Å²) in [4.78, 5) is 29.5. The second-order valence-electron chi connectivity index (χ2n) is 35.9. The van der Waals surface area contributed by atoms with Gasteiger partial charge in [-0.05, 0) is 143 Å². The number of hydrogen-bond acceptors (Lipinski definition) is 29. The van der Waals surface area contributed by atoms with E-state index < -0.39 is 242 Å². The van der Waals surface area contributed by atoms with Crippen LogP contribution < -0.4 is 0 Å². The predicted molar refractivity (Wildman–Crippen MR) is 379 cm³/mol. The van der Waals surface area contributed by atoms with Gasteiger partial charge in [-0.2, -0.15) is 0 Å². The van der Waals surface area contributed by atoms with E-state index in [1.54, 1.807) is 13.8 Å². The van der Waals surface area contributed by atoms with Crippen LogP contribution in [0.5, 0.6) is 0 Å². The third kappa shape index (κ3) is 15.9. The van der Waals surface area contributed by atoms with Crippen LogP contribution in [0.2, 0.25) is 0 Å². The van der Waals surface area contributed by atoms with Crippen molar-refractivity contribution in [3.63, 3.8) is 0 Å². The van der Waals surface area contributed by atoms with Gasteiger partial charge in [-0.3, -0.25) is 4.79 Å². The van der Waals surface area contributed by atoms with Gasteiger partial charge in [-0.15, -0.1) is 0 Å². The third-order valence-corrected chi connectivity index (χ3v) is 28.4. The number of hydrogen-bond donors (Lipinski definition) is 15. The minimum absolute atomic E-state index is 0.0905. The molecule has 0 aromatic heterocycles.